The van der Waals surface area contributed by atoms with E-state index in [9.17, 15) is 24.8 Å². The van der Waals surface area contributed by atoms with Crippen LogP contribution in [0.3, 0.4) is 0 Å². The monoisotopic (exact) mass is 524 g/mol. The van der Waals surface area contributed by atoms with Crippen molar-refractivity contribution in [3.63, 3.8) is 0 Å². The Morgan fingerprint density at radius 2 is 1.79 bits per heavy atom. The molecule has 0 aliphatic rings. The van der Waals surface area contributed by atoms with E-state index in [-0.39, 0.29) is 11.7 Å². The molecule has 0 heterocycles. The number of amides is 3. The van der Waals surface area contributed by atoms with Crippen molar-refractivity contribution in [3.8, 4) is 17.6 Å². The van der Waals surface area contributed by atoms with Crippen LogP contribution in [0.4, 0.5) is 10.5 Å². The van der Waals surface area contributed by atoms with Gasteiger partial charge in [0.05, 0.1) is 13.2 Å². The van der Waals surface area contributed by atoms with E-state index < -0.39 is 42.1 Å². The molecule has 0 aromatic heterocycles. The molecule has 0 saturated carbocycles. The normalized spacial score (nSPS) is 13.3. The molecule has 0 radical (unpaired) electrons. The number of nitrogens with one attached hydrogen (secondary N) is 2. The molecule has 0 aliphatic heterocycles. The van der Waals surface area contributed by atoms with Gasteiger partial charge in [0.2, 0.25) is 5.91 Å². The molecular formula is C28H36N4O6. The van der Waals surface area contributed by atoms with Crippen molar-refractivity contribution in [3.05, 3.63) is 54.1 Å². The van der Waals surface area contributed by atoms with Gasteiger partial charge in [0.15, 0.2) is 0 Å². The summed E-state index contributed by atoms with van der Waals surface area (Å²) in [4.78, 5) is 41.2. The SMILES string of the molecule is CCC(C)C(NC(=O)OC(C)(C)C)C(=O)N(CC#N)C(C(=O)Nc1ccc(OC)cc1)c1cccc(O)c1. The Morgan fingerprint density at radius 1 is 1.13 bits per heavy atom. The second-order valence-electron chi connectivity index (χ2n) is 9.85. The van der Waals surface area contributed by atoms with Crippen LogP contribution in [0.1, 0.15) is 52.6 Å². The molecule has 3 amide bonds. The molecule has 10 heteroatoms. The van der Waals surface area contributed by atoms with Crippen LogP contribution in [0, 0.1) is 17.2 Å². The van der Waals surface area contributed by atoms with Gasteiger partial charge in [0.25, 0.3) is 5.91 Å². The van der Waals surface area contributed by atoms with Crippen LogP contribution in [0.5, 0.6) is 11.5 Å². The molecule has 0 bridgehead atoms. The maximum Gasteiger partial charge on any atom is 0.408 e. The summed E-state index contributed by atoms with van der Waals surface area (Å²) in [5.41, 5.74) is -0.0580. The zero-order chi connectivity index (χ0) is 28.5. The van der Waals surface area contributed by atoms with Gasteiger partial charge in [-0.3, -0.25) is 9.59 Å². The van der Waals surface area contributed by atoms with Crippen molar-refractivity contribution in [1.29, 1.82) is 5.26 Å². The van der Waals surface area contributed by atoms with Gasteiger partial charge in [-0.15, -0.1) is 0 Å². The van der Waals surface area contributed by atoms with Crippen molar-refractivity contribution in [2.24, 2.45) is 5.92 Å². The number of hydrogen-bond donors (Lipinski definition) is 3. The number of benzene rings is 2. The van der Waals surface area contributed by atoms with Crippen LogP contribution in [-0.4, -0.2) is 53.2 Å². The van der Waals surface area contributed by atoms with E-state index in [2.05, 4.69) is 10.6 Å². The Hall–Kier alpha value is -4.26. The molecule has 0 spiro atoms. The lowest BCUT2D eigenvalue weighted by Crippen LogP contribution is -2.54. The van der Waals surface area contributed by atoms with Crippen LogP contribution in [0.25, 0.3) is 0 Å². The summed E-state index contributed by atoms with van der Waals surface area (Å²) in [7, 11) is 1.52. The summed E-state index contributed by atoms with van der Waals surface area (Å²) < 4.78 is 10.5. The van der Waals surface area contributed by atoms with E-state index in [0.717, 1.165) is 4.90 Å². The molecule has 3 N–H and O–H groups in total. The summed E-state index contributed by atoms with van der Waals surface area (Å²) >= 11 is 0. The van der Waals surface area contributed by atoms with Gasteiger partial charge in [-0.2, -0.15) is 5.26 Å². The van der Waals surface area contributed by atoms with E-state index in [0.29, 0.717) is 23.4 Å². The van der Waals surface area contributed by atoms with E-state index in [4.69, 9.17) is 9.47 Å². The van der Waals surface area contributed by atoms with E-state index in [1.54, 1.807) is 64.1 Å². The largest absolute Gasteiger partial charge is 0.508 e. The van der Waals surface area contributed by atoms with Gasteiger partial charge >= 0.3 is 6.09 Å². The van der Waals surface area contributed by atoms with Crippen LogP contribution < -0.4 is 15.4 Å². The number of rotatable bonds is 10. The number of methoxy groups -OCH3 is 1. The van der Waals surface area contributed by atoms with Crippen LogP contribution in [0.2, 0.25) is 0 Å². The quantitative estimate of drug-likeness (QED) is 0.392. The molecule has 0 aliphatic carbocycles. The van der Waals surface area contributed by atoms with Gasteiger partial charge in [0.1, 0.15) is 35.7 Å². The third-order valence-electron chi connectivity index (χ3n) is 5.78. The molecule has 0 fully saturated rings. The number of anilines is 1. The number of nitriles is 1. The maximum absolute atomic E-state index is 13.9. The molecule has 2 aromatic carbocycles. The summed E-state index contributed by atoms with van der Waals surface area (Å²) in [6, 6.07) is 12.1. The van der Waals surface area contributed by atoms with Crippen LogP contribution in [-0.2, 0) is 14.3 Å². The first-order valence-corrected chi connectivity index (χ1v) is 12.3. The highest BCUT2D eigenvalue weighted by Gasteiger charge is 2.38. The number of alkyl carbamates (subject to hydrolysis) is 1. The number of carbonyl (C=O) groups excluding carboxylic acids is 3. The number of aromatic hydroxyl groups is 1. The number of phenolic OH excluding ortho intramolecular Hbond substituents is 1. The minimum Gasteiger partial charge on any atom is -0.508 e. The van der Waals surface area contributed by atoms with Gasteiger partial charge in [-0.25, -0.2) is 4.79 Å². The molecule has 0 saturated heterocycles. The Kier molecular flexibility index (Phi) is 10.5. The van der Waals surface area contributed by atoms with Crippen molar-refractivity contribution in [2.45, 2.75) is 58.7 Å². The average molecular weight is 525 g/mol. The number of ether oxygens (including phenoxy) is 2. The Balaban J connectivity index is 2.51. The molecule has 204 valence electrons. The summed E-state index contributed by atoms with van der Waals surface area (Å²) in [5.74, 6) is -1.10. The Labute approximate surface area is 223 Å². The summed E-state index contributed by atoms with van der Waals surface area (Å²) in [6.45, 7) is 8.31. The summed E-state index contributed by atoms with van der Waals surface area (Å²) in [5, 5.41) is 25.1. The average Bonchev–Trinajstić information content (AvgIpc) is 2.85. The van der Waals surface area contributed by atoms with Gasteiger partial charge in [0, 0.05) is 5.69 Å². The Morgan fingerprint density at radius 3 is 2.32 bits per heavy atom. The zero-order valence-electron chi connectivity index (χ0n) is 22.6. The van der Waals surface area contributed by atoms with Gasteiger partial charge in [-0.05, 0) is 68.7 Å². The fraction of sp³-hybridized carbons (Fsp3) is 0.429. The number of carbonyl (C=O) groups is 3. The number of phenols is 1. The fourth-order valence-electron chi connectivity index (χ4n) is 3.72. The first-order valence-electron chi connectivity index (χ1n) is 12.3. The van der Waals surface area contributed by atoms with Crippen LogP contribution >= 0.6 is 0 Å². The smallest absolute Gasteiger partial charge is 0.408 e. The topological polar surface area (TPSA) is 141 Å². The van der Waals surface area contributed by atoms with Gasteiger partial charge in [-0.1, -0.05) is 32.4 Å². The minimum atomic E-state index is -1.29. The van der Waals surface area contributed by atoms with Crippen molar-refractivity contribution in [1.82, 2.24) is 10.2 Å². The molecule has 10 nitrogen and oxygen atoms in total. The second kappa shape index (κ2) is 13.3. The van der Waals surface area contributed by atoms with E-state index in [1.165, 1.54) is 19.2 Å². The van der Waals surface area contributed by atoms with E-state index >= 15 is 0 Å². The summed E-state index contributed by atoms with van der Waals surface area (Å²) in [6.07, 6.45) is -0.258. The van der Waals surface area contributed by atoms with Crippen molar-refractivity contribution in [2.75, 3.05) is 19.0 Å². The highest BCUT2D eigenvalue weighted by Crippen LogP contribution is 2.28. The highest BCUT2D eigenvalue weighted by atomic mass is 16.6. The molecule has 38 heavy (non-hydrogen) atoms. The Bertz CT molecular complexity index is 1150. The lowest BCUT2D eigenvalue weighted by molar-refractivity contribution is -0.141. The lowest BCUT2D eigenvalue weighted by atomic mass is 9.95. The number of nitrogens with zero attached hydrogens (tertiary/aromatic N) is 2. The second-order valence-corrected chi connectivity index (χ2v) is 9.85. The molecule has 2 aromatic rings. The highest BCUT2D eigenvalue weighted by molar-refractivity contribution is 5.99. The lowest BCUT2D eigenvalue weighted by Gasteiger charge is -2.34. The number of hydrogen-bond acceptors (Lipinski definition) is 7. The first-order chi connectivity index (χ1) is 17.9. The standard InChI is InChI=1S/C28H36N4O6/c1-7-18(2)23(31-27(36)38-28(3,4)5)26(35)32(16-15-29)24(19-9-8-10-21(33)17-19)25(34)30-20-11-13-22(37-6)14-12-20/h8-14,17-18,23-24,33H,7,16H2,1-6H3,(H,30,34)(H,31,36). The third kappa shape index (κ3) is 8.40. The molecule has 2 rings (SSSR count). The molecular weight excluding hydrogens is 488 g/mol. The third-order valence-corrected chi connectivity index (χ3v) is 5.78. The first kappa shape index (κ1) is 30.0. The van der Waals surface area contributed by atoms with Crippen molar-refractivity contribution >= 4 is 23.6 Å². The predicted molar refractivity (Wildman–Crippen MR) is 142 cm³/mol. The molecule has 3 atom stereocenters. The zero-order valence-corrected chi connectivity index (χ0v) is 22.6. The molecule has 3 unspecified atom stereocenters. The predicted octanol–water partition coefficient (Wildman–Crippen LogP) is 4.37. The minimum absolute atomic E-state index is 0.112. The maximum atomic E-state index is 13.9. The van der Waals surface area contributed by atoms with Crippen molar-refractivity contribution < 1.29 is 29.0 Å². The van der Waals surface area contributed by atoms with Gasteiger partial charge < -0.3 is 30.1 Å². The fourth-order valence-corrected chi connectivity index (χ4v) is 3.72. The van der Waals surface area contributed by atoms with E-state index in [1.807, 2.05) is 13.0 Å². The van der Waals surface area contributed by atoms with Crippen LogP contribution in [0.15, 0.2) is 48.5 Å².